The number of morpholine rings is 1. The summed E-state index contributed by atoms with van der Waals surface area (Å²) in [5, 5.41) is 2.61. The summed E-state index contributed by atoms with van der Waals surface area (Å²) in [5.41, 5.74) is 1.09. The molecule has 2 saturated heterocycles. The molecule has 0 unspecified atom stereocenters. The smallest absolute Gasteiger partial charge is 0.294 e. The van der Waals surface area contributed by atoms with Crippen molar-refractivity contribution in [3.63, 3.8) is 0 Å². The Hall–Kier alpha value is -3.54. The van der Waals surface area contributed by atoms with Crippen molar-refractivity contribution in [1.82, 2.24) is 9.80 Å². The van der Waals surface area contributed by atoms with Gasteiger partial charge in [0.2, 0.25) is 5.91 Å². The van der Waals surface area contributed by atoms with Crippen LogP contribution in [0.2, 0.25) is 5.02 Å². The second kappa shape index (κ2) is 12.8. The van der Waals surface area contributed by atoms with E-state index in [4.69, 9.17) is 25.8 Å². The van der Waals surface area contributed by atoms with Gasteiger partial charge in [0.1, 0.15) is 6.54 Å². The van der Waals surface area contributed by atoms with Gasteiger partial charge in [-0.2, -0.15) is 0 Å². The molecule has 200 valence electrons. The molecule has 38 heavy (non-hydrogen) atoms. The summed E-state index contributed by atoms with van der Waals surface area (Å²) in [6.45, 7) is 3.67. The molecule has 4 rings (SSSR count). The Morgan fingerprint density at radius 1 is 1.08 bits per heavy atom. The first kappa shape index (κ1) is 27.5. The number of anilines is 1. The molecular formula is C26H26ClN3O7S. The Morgan fingerprint density at radius 3 is 2.53 bits per heavy atom. The molecule has 2 aromatic carbocycles. The van der Waals surface area contributed by atoms with E-state index in [9.17, 15) is 19.2 Å². The van der Waals surface area contributed by atoms with Gasteiger partial charge in [0.15, 0.2) is 18.1 Å². The maximum atomic E-state index is 12.9. The fraction of sp³-hybridized carbons (Fsp3) is 0.308. The number of carbonyl (C=O) groups excluding carboxylic acids is 4. The molecule has 0 aromatic heterocycles. The first-order valence-corrected chi connectivity index (χ1v) is 13.1. The van der Waals surface area contributed by atoms with Crippen molar-refractivity contribution in [3.05, 3.63) is 58.0 Å². The third-order valence-electron chi connectivity index (χ3n) is 5.58. The number of ether oxygens (including phenoxy) is 3. The number of nitrogens with zero attached hydrogens (tertiary/aromatic N) is 2. The van der Waals surface area contributed by atoms with Crippen LogP contribution in [-0.4, -0.2) is 78.8 Å². The normalized spacial score (nSPS) is 16.6. The number of nitrogens with one attached hydrogen (secondary N) is 1. The molecule has 0 saturated carbocycles. The largest absolute Gasteiger partial charge is 0.490 e. The van der Waals surface area contributed by atoms with Crippen LogP contribution in [0.3, 0.4) is 0 Å². The van der Waals surface area contributed by atoms with Crippen LogP contribution < -0.4 is 14.8 Å². The summed E-state index contributed by atoms with van der Waals surface area (Å²) < 4.78 is 16.7. The number of rotatable bonds is 9. The molecule has 2 aliphatic heterocycles. The molecule has 4 amide bonds. The van der Waals surface area contributed by atoms with Crippen LogP contribution in [0, 0.1) is 0 Å². The number of imide groups is 1. The molecule has 0 spiro atoms. The fourth-order valence-electron chi connectivity index (χ4n) is 3.71. The molecule has 2 aliphatic rings. The molecule has 2 aromatic rings. The minimum atomic E-state index is -0.569. The average Bonchev–Trinajstić information content (AvgIpc) is 3.17. The van der Waals surface area contributed by atoms with E-state index in [1.807, 2.05) is 6.92 Å². The highest BCUT2D eigenvalue weighted by molar-refractivity contribution is 8.18. The minimum absolute atomic E-state index is 0.142. The van der Waals surface area contributed by atoms with E-state index in [0.29, 0.717) is 60.7 Å². The van der Waals surface area contributed by atoms with E-state index in [2.05, 4.69) is 5.32 Å². The number of halogens is 1. The molecule has 0 atom stereocenters. The molecule has 1 N–H and O–H groups in total. The Kier molecular flexibility index (Phi) is 9.27. The second-order valence-corrected chi connectivity index (χ2v) is 9.67. The number of thioether (sulfide) groups is 1. The van der Waals surface area contributed by atoms with E-state index in [1.54, 1.807) is 53.4 Å². The van der Waals surface area contributed by atoms with Crippen LogP contribution in [0.5, 0.6) is 11.5 Å². The predicted octanol–water partition coefficient (Wildman–Crippen LogP) is 3.65. The summed E-state index contributed by atoms with van der Waals surface area (Å²) in [4.78, 5) is 52.9. The monoisotopic (exact) mass is 559 g/mol. The highest BCUT2D eigenvalue weighted by Gasteiger charge is 2.36. The van der Waals surface area contributed by atoms with Crippen molar-refractivity contribution in [2.75, 3.05) is 51.4 Å². The van der Waals surface area contributed by atoms with Crippen molar-refractivity contribution < 1.29 is 33.4 Å². The fourth-order valence-corrected chi connectivity index (χ4v) is 4.67. The van der Waals surface area contributed by atoms with Gasteiger partial charge in [-0.25, -0.2) is 0 Å². The van der Waals surface area contributed by atoms with E-state index in [-0.39, 0.29) is 17.4 Å². The molecule has 0 aliphatic carbocycles. The molecular weight excluding hydrogens is 534 g/mol. The Balaban J connectivity index is 1.40. The van der Waals surface area contributed by atoms with Gasteiger partial charge in [0.05, 0.1) is 24.7 Å². The Bertz CT molecular complexity index is 1250. The molecule has 2 fully saturated rings. The summed E-state index contributed by atoms with van der Waals surface area (Å²) in [5.74, 6) is -0.438. The Labute approximate surface area is 228 Å². The van der Waals surface area contributed by atoms with Crippen molar-refractivity contribution >= 4 is 58.1 Å². The molecule has 12 heteroatoms. The molecule has 10 nitrogen and oxygen atoms in total. The van der Waals surface area contributed by atoms with Crippen LogP contribution in [0.4, 0.5) is 10.5 Å². The third kappa shape index (κ3) is 7.06. The molecule has 2 heterocycles. The lowest BCUT2D eigenvalue weighted by molar-refractivity contribution is -0.137. The van der Waals surface area contributed by atoms with E-state index in [1.165, 1.54) is 0 Å². The zero-order valence-corrected chi connectivity index (χ0v) is 22.2. The van der Waals surface area contributed by atoms with Crippen LogP contribution in [0.25, 0.3) is 6.08 Å². The zero-order valence-electron chi connectivity index (χ0n) is 20.6. The highest BCUT2D eigenvalue weighted by Crippen LogP contribution is 2.34. The van der Waals surface area contributed by atoms with Crippen LogP contribution in [0.15, 0.2) is 47.4 Å². The SMILES string of the molecule is CCOc1cc(/C=C2\SC(=O)N(CC(=O)Nc3ccc(Cl)cc3)C2=O)ccc1OCC(=O)N1CCOCC1. The maximum Gasteiger partial charge on any atom is 0.294 e. The van der Waals surface area contributed by atoms with Gasteiger partial charge in [0.25, 0.3) is 17.1 Å². The van der Waals surface area contributed by atoms with Crippen LogP contribution >= 0.6 is 23.4 Å². The topological polar surface area (TPSA) is 114 Å². The summed E-state index contributed by atoms with van der Waals surface area (Å²) >= 11 is 6.60. The summed E-state index contributed by atoms with van der Waals surface area (Å²) in [7, 11) is 0. The quantitative estimate of drug-likeness (QED) is 0.463. The van der Waals surface area contributed by atoms with Gasteiger partial charge in [-0.1, -0.05) is 17.7 Å². The van der Waals surface area contributed by atoms with Crippen molar-refractivity contribution in [2.24, 2.45) is 0 Å². The lowest BCUT2D eigenvalue weighted by Crippen LogP contribution is -2.43. The lowest BCUT2D eigenvalue weighted by Gasteiger charge is -2.26. The van der Waals surface area contributed by atoms with Crippen molar-refractivity contribution in [1.29, 1.82) is 0 Å². The van der Waals surface area contributed by atoms with Gasteiger partial charge in [0, 0.05) is 23.8 Å². The van der Waals surface area contributed by atoms with Gasteiger partial charge >= 0.3 is 0 Å². The number of amides is 4. The van der Waals surface area contributed by atoms with Crippen molar-refractivity contribution in [3.8, 4) is 11.5 Å². The maximum absolute atomic E-state index is 12.9. The second-order valence-electron chi connectivity index (χ2n) is 8.24. The molecule has 0 bridgehead atoms. The summed E-state index contributed by atoms with van der Waals surface area (Å²) in [6, 6.07) is 11.5. The lowest BCUT2D eigenvalue weighted by atomic mass is 10.2. The third-order valence-corrected chi connectivity index (χ3v) is 6.74. The van der Waals surface area contributed by atoms with Gasteiger partial charge in [-0.3, -0.25) is 24.1 Å². The van der Waals surface area contributed by atoms with Crippen LogP contribution in [0.1, 0.15) is 12.5 Å². The van der Waals surface area contributed by atoms with Crippen molar-refractivity contribution in [2.45, 2.75) is 6.92 Å². The van der Waals surface area contributed by atoms with E-state index < -0.39 is 23.6 Å². The number of benzene rings is 2. The first-order chi connectivity index (χ1) is 18.3. The van der Waals surface area contributed by atoms with Gasteiger partial charge in [-0.15, -0.1) is 0 Å². The number of hydrogen-bond donors (Lipinski definition) is 1. The van der Waals surface area contributed by atoms with E-state index >= 15 is 0 Å². The zero-order chi connectivity index (χ0) is 27.1. The van der Waals surface area contributed by atoms with Crippen LogP contribution in [-0.2, 0) is 19.1 Å². The number of carbonyl (C=O) groups is 4. The highest BCUT2D eigenvalue weighted by atomic mass is 35.5. The van der Waals surface area contributed by atoms with E-state index in [0.717, 1.165) is 16.7 Å². The number of hydrogen-bond acceptors (Lipinski definition) is 8. The van der Waals surface area contributed by atoms with Gasteiger partial charge in [-0.05, 0) is 66.7 Å². The Morgan fingerprint density at radius 2 is 1.82 bits per heavy atom. The molecule has 0 radical (unpaired) electrons. The predicted molar refractivity (Wildman–Crippen MR) is 143 cm³/mol. The average molecular weight is 560 g/mol. The van der Waals surface area contributed by atoms with Gasteiger partial charge < -0.3 is 24.4 Å². The first-order valence-electron chi connectivity index (χ1n) is 11.9. The minimum Gasteiger partial charge on any atom is -0.490 e. The standard InChI is InChI=1S/C26H26ClN3O7S/c1-2-36-21-13-17(3-8-20(21)37-16-24(32)29-9-11-35-12-10-29)14-22-25(33)30(26(34)38-22)15-23(31)28-19-6-4-18(27)5-7-19/h3-8,13-14H,2,9-12,15-16H2,1H3,(H,28,31)/b22-14-. The summed E-state index contributed by atoms with van der Waals surface area (Å²) in [6.07, 6.45) is 1.55.